The lowest BCUT2D eigenvalue weighted by Crippen LogP contribution is -2.60. The van der Waals surface area contributed by atoms with Crippen LogP contribution in [-0.4, -0.2) is 20.4 Å². The molecule has 6 heterocycles. The normalized spacial score (nSPS) is 14.9. The van der Waals surface area contributed by atoms with Gasteiger partial charge in [-0.15, -0.1) is 0 Å². The predicted octanol–water partition coefficient (Wildman–Crippen LogP) is 19.4. The SMILES string of the molecule is CC(C)c1cccc(-n2c3cc(C(C)C)ccc3c3c4c5ccc(C(C)C)cc5n5c4c(cc32)B2c3c-5ccc4c3-n3c5c2cc(C(C)(C)C)cc5c2cc(C(C)(C)C)cc(c23)C42c3cc(C(C)(C)C)ccc3-c3ccc(C(C)(C)C)cc32)c1. The molecule has 418 valence electrons. The summed E-state index contributed by atoms with van der Waals surface area (Å²) in [5, 5.41) is 8.08. The molecule has 0 saturated heterocycles. The van der Waals surface area contributed by atoms with Crippen molar-refractivity contribution in [3.63, 3.8) is 0 Å². The van der Waals surface area contributed by atoms with Crippen LogP contribution in [0.5, 0.6) is 0 Å². The Labute approximate surface area is 497 Å². The molecule has 12 aromatic rings. The van der Waals surface area contributed by atoms with Crippen LogP contribution in [0.2, 0.25) is 0 Å². The minimum Gasteiger partial charge on any atom is -0.310 e. The van der Waals surface area contributed by atoms with Gasteiger partial charge >= 0.3 is 0 Å². The summed E-state index contributed by atoms with van der Waals surface area (Å²) >= 11 is 0. The van der Waals surface area contributed by atoms with Crippen molar-refractivity contribution in [2.75, 3.05) is 0 Å². The first kappa shape index (κ1) is 52.0. The molecule has 0 saturated carbocycles. The molecule has 9 aromatic carbocycles. The van der Waals surface area contributed by atoms with Gasteiger partial charge in [-0.2, -0.15) is 0 Å². The molecule has 0 bridgehead atoms. The van der Waals surface area contributed by atoms with Crippen molar-refractivity contribution in [2.24, 2.45) is 0 Å². The fourth-order valence-electron chi connectivity index (χ4n) is 16.2. The molecule has 1 aliphatic carbocycles. The van der Waals surface area contributed by atoms with Gasteiger partial charge in [0.2, 0.25) is 0 Å². The molecule has 84 heavy (non-hydrogen) atoms. The van der Waals surface area contributed by atoms with Crippen LogP contribution < -0.4 is 16.4 Å². The average Bonchev–Trinajstić information content (AvgIpc) is 1.44. The highest BCUT2D eigenvalue weighted by molar-refractivity contribution is 7.00. The zero-order chi connectivity index (χ0) is 58.7. The van der Waals surface area contributed by atoms with Crippen LogP contribution in [0.3, 0.4) is 0 Å². The predicted molar refractivity (Wildman–Crippen MR) is 362 cm³/mol. The van der Waals surface area contributed by atoms with E-state index in [0.29, 0.717) is 17.8 Å². The van der Waals surface area contributed by atoms with Gasteiger partial charge in [0.15, 0.2) is 0 Å². The molecular weight excluding hydrogens is 1010 g/mol. The second kappa shape index (κ2) is 16.4. The van der Waals surface area contributed by atoms with Crippen LogP contribution in [0.15, 0.2) is 140 Å². The van der Waals surface area contributed by atoms with Crippen molar-refractivity contribution in [1.29, 1.82) is 0 Å². The second-order valence-electron chi connectivity index (χ2n) is 31.2. The minimum absolute atomic E-state index is 0.0686. The van der Waals surface area contributed by atoms with Gasteiger partial charge in [0.25, 0.3) is 6.71 Å². The molecule has 0 fully saturated rings. The third kappa shape index (κ3) is 6.56. The van der Waals surface area contributed by atoms with Crippen LogP contribution in [0.4, 0.5) is 0 Å². The highest BCUT2D eigenvalue weighted by atomic mass is 15.1. The van der Waals surface area contributed by atoms with Gasteiger partial charge in [0.05, 0.1) is 33.0 Å². The summed E-state index contributed by atoms with van der Waals surface area (Å²) in [6.07, 6.45) is 0. The van der Waals surface area contributed by atoms with E-state index in [4.69, 9.17) is 0 Å². The van der Waals surface area contributed by atoms with Crippen molar-refractivity contribution >= 4 is 88.5 Å². The third-order valence-electron chi connectivity index (χ3n) is 20.9. The molecule has 0 unspecified atom stereocenters. The fourth-order valence-corrected chi connectivity index (χ4v) is 16.2. The minimum atomic E-state index is -0.637. The number of benzene rings is 9. The maximum atomic E-state index is 2.83. The first-order valence-electron chi connectivity index (χ1n) is 31.5. The summed E-state index contributed by atoms with van der Waals surface area (Å²) in [5.41, 5.74) is 33.0. The summed E-state index contributed by atoms with van der Waals surface area (Å²) < 4.78 is 8.24. The van der Waals surface area contributed by atoms with E-state index < -0.39 is 5.41 Å². The number of aromatic nitrogens is 3. The number of hydrogen-bond acceptors (Lipinski definition) is 0. The first-order chi connectivity index (χ1) is 39.7. The van der Waals surface area contributed by atoms with E-state index in [0.717, 1.165) is 0 Å². The largest absolute Gasteiger partial charge is 0.310 e. The molecule has 16 rings (SSSR count). The van der Waals surface area contributed by atoms with Crippen LogP contribution in [0, 0.1) is 0 Å². The van der Waals surface area contributed by atoms with Crippen molar-refractivity contribution < 1.29 is 0 Å². The quantitative estimate of drug-likeness (QED) is 0.156. The van der Waals surface area contributed by atoms with Gasteiger partial charge in [-0.05, 0) is 177 Å². The lowest BCUT2D eigenvalue weighted by atomic mass is 9.33. The summed E-state index contributed by atoms with van der Waals surface area (Å²) in [4.78, 5) is 0. The van der Waals surface area contributed by atoms with E-state index in [1.54, 1.807) is 0 Å². The molecular formula is C80H80BN3. The van der Waals surface area contributed by atoms with Crippen molar-refractivity contribution in [3.8, 4) is 28.2 Å². The van der Waals surface area contributed by atoms with Gasteiger partial charge in [-0.25, -0.2) is 0 Å². The third-order valence-corrected chi connectivity index (χ3v) is 20.9. The molecule has 0 amide bonds. The van der Waals surface area contributed by atoms with Crippen LogP contribution >= 0.6 is 0 Å². The molecule has 0 radical (unpaired) electrons. The van der Waals surface area contributed by atoms with Gasteiger partial charge in [-0.3, -0.25) is 0 Å². The molecule has 1 spiro atoms. The Kier molecular flexibility index (Phi) is 10.2. The Morgan fingerprint density at radius 2 is 0.881 bits per heavy atom. The average molecular weight is 1090 g/mol. The number of rotatable bonds is 4. The molecule has 3 aliphatic heterocycles. The Bertz CT molecular complexity index is 4910. The highest BCUT2D eigenvalue weighted by Gasteiger charge is 2.55. The van der Waals surface area contributed by atoms with E-state index in [2.05, 4.69) is 278 Å². The Morgan fingerprint density at radius 3 is 1.45 bits per heavy atom. The maximum Gasteiger partial charge on any atom is 0.252 e. The highest BCUT2D eigenvalue weighted by Crippen LogP contribution is 2.63. The van der Waals surface area contributed by atoms with E-state index in [1.165, 1.54) is 171 Å². The zero-order valence-electron chi connectivity index (χ0n) is 52.9. The summed E-state index contributed by atoms with van der Waals surface area (Å²) in [7, 11) is 0. The Balaban J connectivity index is 1.17. The van der Waals surface area contributed by atoms with Gasteiger partial charge in [0, 0.05) is 54.9 Å². The number of fused-ring (bicyclic) bond motifs is 18. The summed E-state index contributed by atoms with van der Waals surface area (Å²) in [6, 6.07) is 57.9. The molecule has 0 atom stereocenters. The monoisotopic (exact) mass is 1090 g/mol. The summed E-state index contributed by atoms with van der Waals surface area (Å²) in [5.74, 6) is 1.13. The van der Waals surface area contributed by atoms with Crippen LogP contribution in [0.1, 0.15) is 204 Å². The van der Waals surface area contributed by atoms with E-state index >= 15 is 0 Å². The summed E-state index contributed by atoms with van der Waals surface area (Å²) in [6.45, 7) is 42.9. The van der Waals surface area contributed by atoms with Crippen molar-refractivity contribution in [2.45, 2.75) is 169 Å². The van der Waals surface area contributed by atoms with Crippen molar-refractivity contribution in [1.82, 2.24) is 13.7 Å². The Hall–Kier alpha value is -7.56. The number of nitrogens with zero attached hydrogens (tertiary/aromatic N) is 3. The maximum absolute atomic E-state index is 2.83. The second-order valence-corrected chi connectivity index (χ2v) is 31.2. The van der Waals surface area contributed by atoms with Crippen LogP contribution in [0.25, 0.3) is 93.6 Å². The lowest BCUT2D eigenvalue weighted by Gasteiger charge is -2.45. The van der Waals surface area contributed by atoms with E-state index in [9.17, 15) is 0 Å². The van der Waals surface area contributed by atoms with E-state index in [1.807, 2.05) is 0 Å². The molecule has 3 aromatic heterocycles. The lowest BCUT2D eigenvalue weighted by molar-refractivity contribution is 0.583. The molecule has 4 aliphatic rings. The van der Waals surface area contributed by atoms with Gasteiger partial charge in [-0.1, -0.05) is 216 Å². The van der Waals surface area contributed by atoms with Gasteiger partial charge in [0.1, 0.15) is 0 Å². The molecule has 4 heteroatoms. The first-order valence-corrected chi connectivity index (χ1v) is 31.5. The van der Waals surface area contributed by atoms with E-state index in [-0.39, 0.29) is 28.4 Å². The zero-order valence-corrected chi connectivity index (χ0v) is 52.9. The molecule has 3 nitrogen and oxygen atoms in total. The fraction of sp³-hybridized carbons (Fsp3) is 0.325. The van der Waals surface area contributed by atoms with Crippen LogP contribution in [-0.2, 0) is 27.1 Å². The topological polar surface area (TPSA) is 14.8 Å². The standard InChI is InChI=1S/C80H80BN3/c1-42(2)45-20-19-21-52(32-45)82-66-33-46(43(3)4)22-26-55(66)69-68(82)41-64-75-70(69)56-27-23-47(44(5)6)34-67(56)83(75)65-31-30-59-74-71(65)81(64)63-40-51(79(16,17)18)36-58-57-35-50(78(13,14)15)39-62(72(57)84(74)73(58)63)80(59)60-37-48(76(7,8)9)24-28-53(60)54-29-25-49(38-61(54)80)77(10,11)12/h19-44H,1-18H3. The Morgan fingerprint density at radius 1 is 0.369 bits per heavy atom. The smallest absolute Gasteiger partial charge is 0.252 e. The molecule has 0 N–H and O–H groups in total. The van der Waals surface area contributed by atoms with Gasteiger partial charge < -0.3 is 13.7 Å². The van der Waals surface area contributed by atoms with Crippen molar-refractivity contribution in [3.05, 3.63) is 201 Å². The number of hydrogen-bond donors (Lipinski definition) is 0.